The molecule has 0 aromatic heterocycles. The summed E-state index contributed by atoms with van der Waals surface area (Å²) in [5, 5.41) is 2.86. The largest absolute Gasteiger partial charge is 0.423 e. The van der Waals surface area contributed by atoms with Crippen molar-refractivity contribution in [2.45, 2.75) is 13.3 Å². The first-order valence-corrected chi connectivity index (χ1v) is 10.9. The zero-order valence-corrected chi connectivity index (χ0v) is 19.0. The summed E-state index contributed by atoms with van der Waals surface area (Å²) in [6, 6.07) is 20.1. The van der Waals surface area contributed by atoms with Crippen molar-refractivity contribution >= 4 is 52.4 Å². The molecular formula is C25H18Cl2N2O4. The Morgan fingerprint density at radius 2 is 1.67 bits per heavy atom. The number of anilines is 2. The van der Waals surface area contributed by atoms with Crippen LogP contribution < -0.4 is 15.0 Å². The number of aryl methyl sites for hydroxylation is 1. The summed E-state index contributed by atoms with van der Waals surface area (Å²) in [4.78, 5) is 38.8. The van der Waals surface area contributed by atoms with E-state index < -0.39 is 17.8 Å². The fourth-order valence-electron chi connectivity index (χ4n) is 3.29. The minimum atomic E-state index is -0.674. The summed E-state index contributed by atoms with van der Waals surface area (Å²) in [6.45, 7) is 2.02. The fraction of sp³-hybridized carbons (Fsp3) is 0.0800. The fourth-order valence-corrected chi connectivity index (χ4v) is 3.72. The summed E-state index contributed by atoms with van der Waals surface area (Å²) in [6.07, 6.45) is 0.833. The monoisotopic (exact) mass is 480 g/mol. The van der Waals surface area contributed by atoms with Gasteiger partial charge in [-0.05, 0) is 60.5 Å². The number of imide groups is 1. The van der Waals surface area contributed by atoms with E-state index in [0.29, 0.717) is 17.0 Å². The first-order chi connectivity index (χ1) is 15.9. The van der Waals surface area contributed by atoms with E-state index >= 15 is 0 Å². The number of nitrogens with zero attached hydrogens (tertiary/aromatic N) is 1. The van der Waals surface area contributed by atoms with Gasteiger partial charge >= 0.3 is 5.97 Å². The highest BCUT2D eigenvalue weighted by atomic mass is 35.5. The molecule has 1 aliphatic rings. The first kappa shape index (κ1) is 22.6. The molecule has 0 fully saturated rings. The lowest BCUT2D eigenvalue weighted by atomic mass is 10.1. The molecule has 0 spiro atoms. The zero-order valence-electron chi connectivity index (χ0n) is 17.5. The van der Waals surface area contributed by atoms with Crippen molar-refractivity contribution in [2.24, 2.45) is 0 Å². The molecule has 0 saturated heterocycles. The van der Waals surface area contributed by atoms with Gasteiger partial charge < -0.3 is 10.1 Å². The van der Waals surface area contributed by atoms with Crippen molar-refractivity contribution in [3.05, 3.63) is 99.7 Å². The van der Waals surface area contributed by atoms with Gasteiger partial charge in [0.05, 0.1) is 16.3 Å². The molecule has 166 valence electrons. The van der Waals surface area contributed by atoms with Crippen LogP contribution in [0.3, 0.4) is 0 Å². The summed E-state index contributed by atoms with van der Waals surface area (Å²) in [5.74, 6) is -1.35. The van der Waals surface area contributed by atoms with Crippen molar-refractivity contribution in [2.75, 3.05) is 10.2 Å². The maximum Gasteiger partial charge on any atom is 0.343 e. The lowest BCUT2D eigenvalue weighted by molar-refractivity contribution is -0.120. The molecule has 1 N–H and O–H groups in total. The van der Waals surface area contributed by atoms with Gasteiger partial charge in [-0.2, -0.15) is 0 Å². The number of rotatable bonds is 6. The van der Waals surface area contributed by atoms with E-state index in [9.17, 15) is 14.4 Å². The normalized spacial score (nSPS) is 13.5. The van der Waals surface area contributed by atoms with Crippen molar-refractivity contribution in [1.82, 2.24) is 0 Å². The predicted octanol–water partition coefficient (Wildman–Crippen LogP) is 5.56. The summed E-state index contributed by atoms with van der Waals surface area (Å²) in [5.41, 5.74) is 2.03. The van der Waals surface area contributed by atoms with Gasteiger partial charge in [-0.3, -0.25) is 9.59 Å². The third-order valence-electron chi connectivity index (χ3n) is 5.03. The molecule has 0 aliphatic carbocycles. The predicted molar refractivity (Wildman–Crippen MR) is 128 cm³/mol. The van der Waals surface area contributed by atoms with E-state index in [1.165, 1.54) is 0 Å². The maximum atomic E-state index is 12.9. The maximum absolute atomic E-state index is 12.9. The molecule has 3 aromatic rings. The van der Waals surface area contributed by atoms with Gasteiger partial charge in [0.25, 0.3) is 11.8 Å². The van der Waals surface area contributed by atoms with Crippen LogP contribution in [-0.4, -0.2) is 17.8 Å². The average molecular weight is 481 g/mol. The number of para-hydroxylation sites is 1. The van der Waals surface area contributed by atoms with E-state index in [1.807, 2.05) is 25.1 Å². The Morgan fingerprint density at radius 1 is 0.939 bits per heavy atom. The number of amides is 2. The SMILES string of the molecule is CCc1cccc(OC(=O)c2ccc(NC3=C(Cl)C(=O)N(c4ccccc4Cl)C3=O)cc2)c1. The van der Waals surface area contributed by atoms with Crippen molar-refractivity contribution in [1.29, 1.82) is 0 Å². The highest BCUT2D eigenvalue weighted by Crippen LogP contribution is 2.34. The molecule has 8 heteroatoms. The lowest BCUT2D eigenvalue weighted by Gasteiger charge is -2.16. The first-order valence-electron chi connectivity index (χ1n) is 10.1. The molecule has 1 heterocycles. The number of esters is 1. The number of ether oxygens (including phenoxy) is 1. The third-order valence-corrected chi connectivity index (χ3v) is 5.70. The number of carbonyl (C=O) groups is 3. The van der Waals surface area contributed by atoms with Crippen molar-refractivity contribution in [3.63, 3.8) is 0 Å². The van der Waals surface area contributed by atoms with Gasteiger partial charge in [0.1, 0.15) is 16.5 Å². The van der Waals surface area contributed by atoms with Crippen LogP contribution in [0.15, 0.2) is 83.5 Å². The van der Waals surface area contributed by atoms with Gasteiger partial charge in [-0.15, -0.1) is 0 Å². The van der Waals surface area contributed by atoms with Gasteiger partial charge in [-0.25, -0.2) is 9.69 Å². The summed E-state index contributed by atoms with van der Waals surface area (Å²) >= 11 is 12.3. The van der Waals surface area contributed by atoms with Crippen LogP contribution in [0.1, 0.15) is 22.8 Å². The van der Waals surface area contributed by atoms with E-state index in [2.05, 4.69) is 5.32 Å². The van der Waals surface area contributed by atoms with Crippen LogP contribution >= 0.6 is 23.2 Å². The molecule has 0 saturated carbocycles. The Kier molecular flexibility index (Phi) is 6.49. The molecule has 4 rings (SSSR count). The minimum Gasteiger partial charge on any atom is -0.423 e. The third kappa shape index (κ3) is 4.62. The molecule has 1 aliphatic heterocycles. The number of nitrogens with one attached hydrogen (secondary N) is 1. The Balaban J connectivity index is 1.48. The quantitative estimate of drug-likeness (QED) is 0.284. The Hall–Kier alpha value is -3.61. The minimum absolute atomic E-state index is 0.0757. The molecule has 0 atom stereocenters. The Morgan fingerprint density at radius 3 is 2.36 bits per heavy atom. The van der Waals surface area contributed by atoms with E-state index in [0.717, 1.165) is 16.9 Å². The number of hydrogen-bond donors (Lipinski definition) is 1. The highest BCUT2D eigenvalue weighted by Gasteiger charge is 2.39. The highest BCUT2D eigenvalue weighted by molar-refractivity contribution is 6.53. The number of halogens is 2. The second-order valence-corrected chi connectivity index (χ2v) is 7.96. The van der Waals surface area contributed by atoms with Crippen LogP contribution in [0.2, 0.25) is 5.02 Å². The van der Waals surface area contributed by atoms with Crippen LogP contribution in [0.4, 0.5) is 11.4 Å². The number of carbonyl (C=O) groups excluding carboxylic acids is 3. The van der Waals surface area contributed by atoms with Crippen molar-refractivity contribution < 1.29 is 19.1 Å². The molecule has 0 bridgehead atoms. The van der Waals surface area contributed by atoms with Gasteiger partial charge in [0.2, 0.25) is 0 Å². The molecule has 3 aromatic carbocycles. The zero-order chi connectivity index (χ0) is 23.5. The van der Waals surface area contributed by atoms with Gasteiger partial charge in [0, 0.05) is 5.69 Å². The average Bonchev–Trinajstić information content (AvgIpc) is 3.03. The van der Waals surface area contributed by atoms with Crippen molar-refractivity contribution in [3.8, 4) is 5.75 Å². The molecule has 0 unspecified atom stereocenters. The lowest BCUT2D eigenvalue weighted by Crippen LogP contribution is -2.32. The van der Waals surface area contributed by atoms with E-state index in [-0.39, 0.29) is 21.4 Å². The van der Waals surface area contributed by atoms with E-state index in [4.69, 9.17) is 27.9 Å². The van der Waals surface area contributed by atoms with Crippen LogP contribution in [0.5, 0.6) is 5.75 Å². The standard InChI is InChI=1S/C25H18Cl2N2O4/c1-2-15-6-5-7-18(14-15)33-25(32)16-10-12-17(13-11-16)28-22-21(27)23(30)29(24(22)31)20-9-4-3-8-19(20)26/h3-14,28H,2H2,1H3. The smallest absolute Gasteiger partial charge is 0.343 e. The molecule has 6 nitrogen and oxygen atoms in total. The van der Waals surface area contributed by atoms with Gasteiger partial charge in [-0.1, -0.05) is 54.4 Å². The Labute approximate surface area is 200 Å². The summed E-state index contributed by atoms with van der Waals surface area (Å²) < 4.78 is 5.43. The number of benzene rings is 3. The second kappa shape index (κ2) is 9.48. The molecule has 0 radical (unpaired) electrons. The molecule has 33 heavy (non-hydrogen) atoms. The van der Waals surface area contributed by atoms with E-state index in [1.54, 1.807) is 54.6 Å². The van der Waals surface area contributed by atoms with Crippen LogP contribution in [0, 0.1) is 0 Å². The topological polar surface area (TPSA) is 75.7 Å². The molecular weight excluding hydrogens is 463 g/mol. The second-order valence-electron chi connectivity index (χ2n) is 7.18. The number of hydrogen-bond acceptors (Lipinski definition) is 5. The summed E-state index contributed by atoms with van der Waals surface area (Å²) in [7, 11) is 0. The van der Waals surface area contributed by atoms with Crippen LogP contribution in [-0.2, 0) is 16.0 Å². The Bertz CT molecular complexity index is 1290. The van der Waals surface area contributed by atoms with Crippen LogP contribution in [0.25, 0.3) is 0 Å². The molecule has 2 amide bonds. The van der Waals surface area contributed by atoms with Gasteiger partial charge in [0.15, 0.2) is 0 Å².